The minimum Gasteiger partial charge on any atom is -0.455 e. The van der Waals surface area contributed by atoms with Crippen LogP contribution >= 0.6 is 0 Å². The Morgan fingerprint density at radius 3 is 1.23 bits per heavy atom. The molecule has 2 aliphatic heterocycles. The standard InChI is InChI=1S/C35H26N2O6/c1-2-25(26-15-9-17-28(36-30(38)19-20-31(36)39)34(26)42-23-11-5-3-6-12-23)27-16-10-18-29(37-32(40)21-22-33(37)41)35(27)43-24-13-7-4-8-14-24/h3-22,25H,2H2,1H3. The summed E-state index contributed by atoms with van der Waals surface area (Å²) in [4.78, 5) is 53.3. The zero-order chi connectivity index (χ0) is 29.9. The number of ether oxygens (including phenoxy) is 2. The van der Waals surface area contributed by atoms with Crippen molar-refractivity contribution in [2.24, 2.45) is 0 Å². The van der Waals surface area contributed by atoms with E-state index >= 15 is 0 Å². The zero-order valence-corrected chi connectivity index (χ0v) is 23.2. The summed E-state index contributed by atoms with van der Waals surface area (Å²) < 4.78 is 12.9. The molecule has 4 aromatic rings. The van der Waals surface area contributed by atoms with Crippen LogP contribution in [-0.2, 0) is 19.2 Å². The van der Waals surface area contributed by atoms with Gasteiger partial charge >= 0.3 is 0 Å². The van der Waals surface area contributed by atoms with E-state index in [4.69, 9.17) is 9.47 Å². The van der Waals surface area contributed by atoms with E-state index in [9.17, 15) is 19.2 Å². The van der Waals surface area contributed by atoms with Gasteiger partial charge in [0.1, 0.15) is 11.5 Å². The van der Waals surface area contributed by atoms with Crippen LogP contribution in [0.15, 0.2) is 121 Å². The van der Waals surface area contributed by atoms with Crippen molar-refractivity contribution in [3.8, 4) is 23.0 Å². The van der Waals surface area contributed by atoms with E-state index in [1.807, 2.05) is 55.5 Å². The van der Waals surface area contributed by atoms with E-state index in [1.165, 1.54) is 24.3 Å². The molecule has 0 N–H and O–H groups in total. The highest BCUT2D eigenvalue weighted by Gasteiger charge is 2.34. The predicted octanol–water partition coefficient (Wildman–Crippen LogP) is 6.67. The second kappa shape index (κ2) is 11.6. The van der Waals surface area contributed by atoms with Gasteiger partial charge in [0.15, 0.2) is 11.5 Å². The molecule has 0 aliphatic carbocycles. The molecule has 0 radical (unpaired) electrons. The molecule has 43 heavy (non-hydrogen) atoms. The molecule has 0 bridgehead atoms. The van der Waals surface area contributed by atoms with Gasteiger partial charge in [0.05, 0.1) is 11.4 Å². The van der Waals surface area contributed by atoms with Gasteiger partial charge in [-0.3, -0.25) is 19.2 Å². The summed E-state index contributed by atoms with van der Waals surface area (Å²) in [5, 5.41) is 0. The van der Waals surface area contributed by atoms with Crippen molar-refractivity contribution in [1.29, 1.82) is 0 Å². The van der Waals surface area contributed by atoms with Crippen molar-refractivity contribution in [3.63, 3.8) is 0 Å². The number of rotatable bonds is 9. The SMILES string of the molecule is CCC(c1cccc(N2C(=O)C=CC2=O)c1Oc1ccccc1)c1cccc(N2C(=O)C=CC2=O)c1Oc1ccccc1. The number of hydrogen-bond acceptors (Lipinski definition) is 6. The largest absolute Gasteiger partial charge is 0.455 e. The summed E-state index contributed by atoms with van der Waals surface area (Å²) in [6.45, 7) is 1.99. The first-order chi connectivity index (χ1) is 21.0. The molecule has 8 nitrogen and oxygen atoms in total. The Hall–Kier alpha value is -5.76. The fourth-order valence-electron chi connectivity index (χ4n) is 5.30. The van der Waals surface area contributed by atoms with Crippen LogP contribution < -0.4 is 19.3 Å². The zero-order valence-electron chi connectivity index (χ0n) is 23.2. The van der Waals surface area contributed by atoms with E-state index in [2.05, 4.69) is 0 Å². The quantitative estimate of drug-likeness (QED) is 0.209. The molecule has 2 aliphatic rings. The number of amides is 4. The molecule has 0 atom stereocenters. The van der Waals surface area contributed by atoms with E-state index in [1.54, 1.807) is 48.5 Å². The molecule has 4 amide bonds. The molecule has 4 aromatic carbocycles. The maximum Gasteiger partial charge on any atom is 0.258 e. The van der Waals surface area contributed by atoms with Crippen LogP contribution in [-0.4, -0.2) is 23.6 Å². The highest BCUT2D eigenvalue weighted by atomic mass is 16.5. The first-order valence-electron chi connectivity index (χ1n) is 13.8. The second-order valence-electron chi connectivity index (χ2n) is 9.87. The number of para-hydroxylation sites is 4. The topological polar surface area (TPSA) is 93.2 Å². The van der Waals surface area contributed by atoms with Crippen molar-refractivity contribution in [3.05, 3.63) is 132 Å². The van der Waals surface area contributed by atoms with Gasteiger partial charge < -0.3 is 9.47 Å². The monoisotopic (exact) mass is 570 g/mol. The molecule has 0 spiro atoms. The van der Waals surface area contributed by atoms with E-state index in [0.717, 1.165) is 9.80 Å². The van der Waals surface area contributed by atoms with Crippen molar-refractivity contribution in [2.45, 2.75) is 19.3 Å². The summed E-state index contributed by atoms with van der Waals surface area (Å²) >= 11 is 0. The van der Waals surface area contributed by atoms with Crippen LogP contribution in [0, 0.1) is 0 Å². The summed E-state index contributed by atoms with van der Waals surface area (Å²) in [6.07, 6.45) is 5.46. The average molecular weight is 571 g/mol. The maximum absolute atomic E-state index is 12.8. The van der Waals surface area contributed by atoms with Gasteiger partial charge in [0.2, 0.25) is 0 Å². The lowest BCUT2D eigenvalue weighted by molar-refractivity contribution is -0.121. The molecule has 6 rings (SSSR count). The Kier molecular flexibility index (Phi) is 7.41. The number of carbonyl (C=O) groups is 4. The number of nitrogens with zero attached hydrogens (tertiary/aromatic N) is 2. The van der Waals surface area contributed by atoms with Crippen LogP contribution in [0.1, 0.15) is 30.4 Å². The molecule has 8 heteroatoms. The van der Waals surface area contributed by atoms with Crippen LogP contribution in [0.3, 0.4) is 0 Å². The summed E-state index contributed by atoms with van der Waals surface area (Å²) in [6, 6.07) is 28.8. The first-order valence-corrected chi connectivity index (χ1v) is 13.8. The average Bonchev–Trinajstić information content (AvgIpc) is 3.54. The maximum atomic E-state index is 12.8. The lowest BCUT2D eigenvalue weighted by Crippen LogP contribution is -2.30. The first kappa shape index (κ1) is 27.4. The van der Waals surface area contributed by atoms with Crippen LogP contribution in [0.5, 0.6) is 23.0 Å². The molecule has 212 valence electrons. The van der Waals surface area contributed by atoms with Gasteiger partial charge in [-0.15, -0.1) is 0 Å². The highest BCUT2D eigenvalue weighted by Crippen LogP contribution is 2.48. The Morgan fingerprint density at radius 1 is 0.512 bits per heavy atom. The molecule has 0 saturated carbocycles. The van der Waals surface area contributed by atoms with Crippen molar-refractivity contribution < 1.29 is 28.7 Å². The lowest BCUT2D eigenvalue weighted by Gasteiger charge is -2.27. The number of hydrogen-bond donors (Lipinski definition) is 0. The third kappa shape index (κ3) is 5.22. The molecule has 0 unspecified atom stereocenters. The Morgan fingerprint density at radius 2 is 0.884 bits per heavy atom. The Labute approximate surface area is 248 Å². The van der Waals surface area contributed by atoms with E-state index in [-0.39, 0.29) is 0 Å². The molecular formula is C35H26N2O6. The third-order valence-corrected chi connectivity index (χ3v) is 7.24. The highest BCUT2D eigenvalue weighted by molar-refractivity contribution is 6.29. The van der Waals surface area contributed by atoms with Crippen molar-refractivity contribution in [2.75, 3.05) is 9.80 Å². The predicted molar refractivity (Wildman–Crippen MR) is 161 cm³/mol. The molecule has 0 saturated heterocycles. The van der Waals surface area contributed by atoms with Crippen LogP contribution in [0.2, 0.25) is 0 Å². The van der Waals surface area contributed by atoms with Crippen molar-refractivity contribution in [1.82, 2.24) is 0 Å². The Bertz CT molecular complexity index is 1630. The van der Waals surface area contributed by atoms with Gasteiger partial charge in [0, 0.05) is 41.3 Å². The fourth-order valence-corrected chi connectivity index (χ4v) is 5.30. The number of anilines is 2. The normalized spacial score (nSPS) is 14.4. The number of benzene rings is 4. The Balaban J connectivity index is 1.55. The smallest absolute Gasteiger partial charge is 0.258 e. The van der Waals surface area contributed by atoms with Crippen LogP contribution in [0.4, 0.5) is 11.4 Å². The minimum atomic E-state index is -0.471. The molecule has 0 aromatic heterocycles. The van der Waals surface area contributed by atoms with Gasteiger partial charge in [-0.2, -0.15) is 0 Å². The molecule has 0 fully saturated rings. The number of carbonyl (C=O) groups excluding carboxylic acids is 4. The van der Waals surface area contributed by atoms with Gasteiger partial charge in [0.25, 0.3) is 23.6 Å². The fraction of sp³-hybridized carbons (Fsp3) is 0.0857. The third-order valence-electron chi connectivity index (χ3n) is 7.24. The summed E-state index contributed by atoms with van der Waals surface area (Å²) in [5.74, 6) is -0.584. The molecular weight excluding hydrogens is 544 g/mol. The minimum absolute atomic E-state index is 0.301. The number of imide groups is 2. The summed E-state index contributed by atoms with van der Waals surface area (Å²) in [5.41, 5.74) is 1.97. The molecule has 2 heterocycles. The van der Waals surface area contributed by atoms with Gasteiger partial charge in [-0.1, -0.05) is 67.6 Å². The van der Waals surface area contributed by atoms with Crippen LogP contribution in [0.25, 0.3) is 0 Å². The second-order valence-corrected chi connectivity index (χ2v) is 9.87. The van der Waals surface area contributed by atoms with E-state index < -0.39 is 29.5 Å². The van der Waals surface area contributed by atoms with E-state index in [0.29, 0.717) is 51.9 Å². The van der Waals surface area contributed by atoms with Gasteiger partial charge in [-0.05, 0) is 42.8 Å². The lowest BCUT2D eigenvalue weighted by atomic mass is 9.86. The van der Waals surface area contributed by atoms with Crippen molar-refractivity contribution >= 4 is 35.0 Å². The van der Waals surface area contributed by atoms with Gasteiger partial charge in [-0.25, -0.2) is 9.80 Å². The summed E-state index contributed by atoms with van der Waals surface area (Å²) in [7, 11) is 0.